The van der Waals surface area contributed by atoms with E-state index in [1.54, 1.807) is 17.5 Å². The SMILES string of the molecule is C=CCNC(=O)C(C)OC(=O)C1CCN(S(=O)(=O)c2cccs2)CC1. The van der Waals surface area contributed by atoms with Gasteiger partial charge in [0.15, 0.2) is 6.10 Å². The van der Waals surface area contributed by atoms with E-state index in [0.29, 0.717) is 23.6 Å². The van der Waals surface area contributed by atoms with E-state index in [9.17, 15) is 18.0 Å². The first kappa shape index (κ1) is 19.6. The van der Waals surface area contributed by atoms with Crippen molar-refractivity contribution < 1.29 is 22.7 Å². The third kappa shape index (κ3) is 4.90. The van der Waals surface area contributed by atoms with Gasteiger partial charge in [0.2, 0.25) is 0 Å². The number of nitrogens with zero attached hydrogens (tertiary/aromatic N) is 1. The lowest BCUT2D eigenvalue weighted by Crippen LogP contribution is -2.42. The van der Waals surface area contributed by atoms with Crippen LogP contribution in [-0.4, -0.2) is 50.3 Å². The number of carbonyl (C=O) groups excluding carboxylic acids is 2. The summed E-state index contributed by atoms with van der Waals surface area (Å²) in [6, 6.07) is 3.27. The fraction of sp³-hybridized carbons (Fsp3) is 0.500. The summed E-state index contributed by atoms with van der Waals surface area (Å²) < 4.78 is 31.8. The lowest BCUT2D eigenvalue weighted by molar-refractivity contribution is -0.159. The van der Waals surface area contributed by atoms with E-state index in [4.69, 9.17) is 4.74 Å². The molecule has 0 spiro atoms. The zero-order valence-corrected chi connectivity index (χ0v) is 15.6. The van der Waals surface area contributed by atoms with Gasteiger partial charge in [-0.05, 0) is 31.2 Å². The second-order valence-electron chi connectivity index (χ2n) is 5.72. The molecule has 25 heavy (non-hydrogen) atoms. The fourth-order valence-electron chi connectivity index (χ4n) is 2.51. The van der Waals surface area contributed by atoms with Crippen LogP contribution >= 0.6 is 11.3 Å². The van der Waals surface area contributed by atoms with Crippen molar-refractivity contribution in [2.45, 2.75) is 30.1 Å². The molecule has 138 valence electrons. The maximum atomic E-state index is 12.5. The molecule has 1 N–H and O–H groups in total. The Morgan fingerprint density at radius 2 is 2.16 bits per heavy atom. The number of sulfonamides is 1. The number of carbonyl (C=O) groups is 2. The minimum Gasteiger partial charge on any atom is -0.452 e. The lowest BCUT2D eigenvalue weighted by atomic mass is 9.98. The van der Waals surface area contributed by atoms with Gasteiger partial charge in [-0.25, -0.2) is 8.42 Å². The van der Waals surface area contributed by atoms with E-state index in [-0.39, 0.29) is 19.0 Å². The van der Waals surface area contributed by atoms with Crippen LogP contribution < -0.4 is 5.32 Å². The van der Waals surface area contributed by atoms with Crippen LogP contribution in [0.15, 0.2) is 34.4 Å². The predicted molar refractivity (Wildman–Crippen MR) is 94.6 cm³/mol. The van der Waals surface area contributed by atoms with Crippen molar-refractivity contribution in [1.82, 2.24) is 9.62 Å². The van der Waals surface area contributed by atoms with Crippen molar-refractivity contribution in [2.75, 3.05) is 19.6 Å². The predicted octanol–water partition coefficient (Wildman–Crippen LogP) is 1.38. The van der Waals surface area contributed by atoms with Gasteiger partial charge in [-0.2, -0.15) is 4.31 Å². The van der Waals surface area contributed by atoms with Crippen molar-refractivity contribution in [3.63, 3.8) is 0 Å². The molecule has 7 nitrogen and oxygen atoms in total. The second kappa shape index (κ2) is 8.59. The first-order chi connectivity index (χ1) is 11.9. The largest absolute Gasteiger partial charge is 0.452 e. The van der Waals surface area contributed by atoms with Crippen molar-refractivity contribution in [1.29, 1.82) is 0 Å². The maximum absolute atomic E-state index is 12.5. The number of ether oxygens (including phenoxy) is 1. The number of hydrogen-bond acceptors (Lipinski definition) is 6. The van der Waals surface area contributed by atoms with Crippen LogP contribution in [0.2, 0.25) is 0 Å². The van der Waals surface area contributed by atoms with Crippen molar-refractivity contribution in [3.8, 4) is 0 Å². The molecule has 2 rings (SSSR count). The Morgan fingerprint density at radius 1 is 1.48 bits per heavy atom. The highest BCUT2D eigenvalue weighted by molar-refractivity contribution is 7.91. The molecule has 9 heteroatoms. The first-order valence-electron chi connectivity index (χ1n) is 7.99. The van der Waals surface area contributed by atoms with E-state index < -0.39 is 28.0 Å². The highest BCUT2D eigenvalue weighted by atomic mass is 32.2. The summed E-state index contributed by atoms with van der Waals surface area (Å²) in [7, 11) is -3.49. The molecule has 1 amide bonds. The molecule has 2 heterocycles. The number of piperidine rings is 1. The molecule has 0 saturated carbocycles. The number of thiophene rings is 1. The number of hydrogen-bond donors (Lipinski definition) is 1. The molecule has 0 radical (unpaired) electrons. The first-order valence-corrected chi connectivity index (χ1v) is 10.3. The van der Waals surface area contributed by atoms with Crippen LogP contribution in [0.1, 0.15) is 19.8 Å². The van der Waals surface area contributed by atoms with E-state index >= 15 is 0 Å². The molecular formula is C16H22N2O5S2. The van der Waals surface area contributed by atoms with E-state index in [1.807, 2.05) is 0 Å². The molecule has 0 bridgehead atoms. The van der Waals surface area contributed by atoms with Gasteiger partial charge in [0, 0.05) is 19.6 Å². The Hall–Kier alpha value is -1.71. The summed E-state index contributed by atoms with van der Waals surface area (Å²) in [4.78, 5) is 23.9. The normalized spacial score (nSPS) is 17.6. The molecule has 1 aromatic rings. The zero-order valence-electron chi connectivity index (χ0n) is 14.0. The molecule has 1 aliphatic heterocycles. The Labute approximate surface area is 151 Å². The Balaban J connectivity index is 1.86. The molecule has 0 aromatic carbocycles. The van der Waals surface area contributed by atoms with Crippen LogP contribution in [0.5, 0.6) is 0 Å². The summed E-state index contributed by atoms with van der Waals surface area (Å²) >= 11 is 1.18. The fourth-order valence-corrected chi connectivity index (χ4v) is 5.12. The van der Waals surface area contributed by atoms with Crippen LogP contribution in [0.4, 0.5) is 0 Å². The van der Waals surface area contributed by atoms with Gasteiger partial charge < -0.3 is 10.1 Å². The van der Waals surface area contributed by atoms with E-state index in [0.717, 1.165) is 0 Å². The topological polar surface area (TPSA) is 92.8 Å². The standard InChI is InChI=1S/C16H22N2O5S2/c1-3-8-17-15(19)12(2)23-16(20)13-6-9-18(10-7-13)25(21,22)14-5-4-11-24-14/h3-5,11-13H,1,6-10H2,2H3,(H,17,19). The lowest BCUT2D eigenvalue weighted by Gasteiger charge is -2.30. The Bertz CT molecular complexity index is 707. The van der Waals surface area contributed by atoms with Gasteiger partial charge in [0.05, 0.1) is 5.92 Å². The highest BCUT2D eigenvalue weighted by Crippen LogP contribution is 2.27. The van der Waals surface area contributed by atoms with E-state index in [1.165, 1.54) is 28.6 Å². The number of amides is 1. The van der Waals surface area contributed by atoms with Crippen molar-refractivity contribution >= 4 is 33.2 Å². The van der Waals surface area contributed by atoms with Gasteiger partial charge in [-0.3, -0.25) is 9.59 Å². The zero-order chi connectivity index (χ0) is 18.4. The van der Waals surface area contributed by atoms with Gasteiger partial charge in [-0.15, -0.1) is 17.9 Å². The molecule has 1 unspecified atom stereocenters. The minimum absolute atomic E-state index is 0.261. The van der Waals surface area contributed by atoms with Crippen LogP contribution in [0.3, 0.4) is 0 Å². The van der Waals surface area contributed by atoms with Crippen LogP contribution in [-0.2, 0) is 24.3 Å². The smallest absolute Gasteiger partial charge is 0.309 e. The van der Waals surface area contributed by atoms with Crippen LogP contribution in [0, 0.1) is 5.92 Å². The third-order valence-corrected chi connectivity index (χ3v) is 7.23. The van der Waals surface area contributed by atoms with Crippen LogP contribution in [0.25, 0.3) is 0 Å². The summed E-state index contributed by atoms with van der Waals surface area (Å²) in [5.74, 6) is -1.25. The summed E-state index contributed by atoms with van der Waals surface area (Å²) in [5.41, 5.74) is 0. The summed E-state index contributed by atoms with van der Waals surface area (Å²) in [6.07, 6.45) is 1.41. The number of esters is 1. The highest BCUT2D eigenvalue weighted by Gasteiger charge is 2.34. The average Bonchev–Trinajstić information content (AvgIpc) is 3.15. The molecular weight excluding hydrogens is 364 g/mol. The molecule has 1 saturated heterocycles. The molecule has 0 aliphatic carbocycles. The summed E-state index contributed by atoms with van der Waals surface area (Å²) in [6.45, 7) is 5.83. The quantitative estimate of drug-likeness (QED) is 0.565. The van der Waals surface area contributed by atoms with Crippen molar-refractivity contribution in [3.05, 3.63) is 30.2 Å². The maximum Gasteiger partial charge on any atom is 0.309 e. The summed E-state index contributed by atoms with van der Waals surface area (Å²) in [5, 5.41) is 4.28. The number of rotatable bonds is 7. The van der Waals surface area contributed by atoms with Gasteiger partial charge in [-0.1, -0.05) is 12.1 Å². The molecule has 1 atom stereocenters. The van der Waals surface area contributed by atoms with Gasteiger partial charge >= 0.3 is 5.97 Å². The van der Waals surface area contributed by atoms with Crippen molar-refractivity contribution in [2.24, 2.45) is 5.92 Å². The Morgan fingerprint density at radius 3 is 2.72 bits per heavy atom. The minimum atomic E-state index is -3.49. The van der Waals surface area contributed by atoms with Gasteiger partial charge in [0.25, 0.3) is 15.9 Å². The Kier molecular flexibility index (Phi) is 6.74. The molecule has 1 aromatic heterocycles. The second-order valence-corrected chi connectivity index (χ2v) is 8.84. The number of nitrogens with one attached hydrogen (secondary N) is 1. The molecule has 1 aliphatic rings. The monoisotopic (exact) mass is 386 g/mol. The van der Waals surface area contributed by atoms with Gasteiger partial charge in [0.1, 0.15) is 4.21 Å². The molecule has 1 fully saturated rings. The third-order valence-electron chi connectivity index (χ3n) is 3.96. The van der Waals surface area contributed by atoms with E-state index in [2.05, 4.69) is 11.9 Å². The average molecular weight is 386 g/mol.